The molecule has 0 radical (unpaired) electrons. The number of hydrogen-bond acceptors (Lipinski definition) is 4. The van der Waals surface area contributed by atoms with Crippen LogP contribution in [0.15, 0.2) is 47.5 Å². The minimum atomic E-state index is -0.304. The number of aryl methyl sites for hydroxylation is 2. The number of amides is 1. The molecular formula is C18H19N5O2. The van der Waals surface area contributed by atoms with E-state index in [1.54, 1.807) is 19.3 Å². The maximum absolute atomic E-state index is 12.1. The van der Waals surface area contributed by atoms with E-state index in [0.717, 1.165) is 21.8 Å². The number of hydrogen-bond donors (Lipinski definition) is 1. The lowest BCUT2D eigenvalue weighted by Crippen LogP contribution is -2.29. The Morgan fingerprint density at radius 2 is 1.80 bits per heavy atom. The van der Waals surface area contributed by atoms with Crippen molar-refractivity contribution in [2.24, 2.45) is 0 Å². The number of imidazole rings is 1. The van der Waals surface area contributed by atoms with E-state index in [0.29, 0.717) is 11.4 Å². The van der Waals surface area contributed by atoms with Gasteiger partial charge in [0.2, 0.25) is 5.91 Å². The molecule has 128 valence electrons. The molecule has 1 aromatic carbocycles. The minimum absolute atomic E-state index is 0.123. The van der Waals surface area contributed by atoms with Crippen LogP contribution in [0.3, 0.4) is 0 Å². The van der Waals surface area contributed by atoms with Crippen LogP contribution in [0.1, 0.15) is 17.1 Å². The lowest BCUT2D eigenvalue weighted by Gasteiger charge is -2.09. The molecule has 3 rings (SSSR count). The number of carbonyl (C=O) groups is 1. The van der Waals surface area contributed by atoms with Gasteiger partial charge in [-0.15, -0.1) is 0 Å². The number of carbonyl (C=O) groups excluding carboxylic acids is 1. The fourth-order valence-corrected chi connectivity index (χ4v) is 2.47. The van der Waals surface area contributed by atoms with Crippen LogP contribution >= 0.6 is 0 Å². The van der Waals surface area contributed by atoms with Gasteiger partial charge in [0.15, 0.2) is 0 Å². The molecule has 1 N–H and O–H groups in total. The molecule has 0 spiro atoms. The number of nitrogens with zero attached hydrogens (tertiary/aromatic N) is 4. The Labute approximate surface area is 144 Å². The number of rotatable bonds is 4. The zero-order valence-corrected chi connectivity index (χ0v) is 14.4. The van der Waals surface area contributed by atoms with Gasteiger partial charge in [-0.1, -0.05) is 0 Å². The second-order valence-electron chi connectivity index (χ2n) is 5.85. The van der Waals surface area contributed by atoms with Crippen LogP contribution in [0.5, 0.6) is 0 Å². The smallest absolute Gasteiger partial charge is 0.267 e. The zero-order valence-electron chi connectivity index (χ0n) is 14.4. The van der Waals surface area contributed by atoms with Gasteiger partial charge in [-0.2, -0.15) is 5.10 Å². The van der Waals surface area contributed by atoms with Gasteiger partial charge < -0.3 is 9.88 Å². The highest BCUT2D eigenvalue weighted by Gasteiger charge is 2.08. The monoisotopic (exact) mass is 337 g/mol. The third kappa shape index (κ3) is 3.65. The molecule has 0 aliphatic heterocycles. The molecule has 0 aliphatic carbocycles. The van der Waals surface area contributed by atoms with Crippen LogP contribution in [-0.4, -0.2) is 25.2 Å². The molecule has 1 amide bonds. The van der Waals surface area contributed by atoms with Gasteiger partial charge >= 0.3 is 0 Å². The molecule has 2 heterocycles. The van der Waals surface area contributed by atoms with E-state index in [1.165, 1.54) is 6.07 Å². The predicted octanol–water partition coefficient (Wildman–Crippen LogP) is 1.99. The highest BCUT2D eigenvalue weighted by atomic mass is 16.2. The number of nitrogens with one attached hydrogen (secondary N) is 1. The van der Waals surface area contributed by atoms with Crippen LogP contribution < -0.4 is 10.9 Å². The summed E-state index contributed by atoms with van der Waals surface area (Å²) in [6, 6.07) is 10.5. The lowest BCUT2D eigenvalue weighted by molar-refractivity contribution is -0.117. The third-order valence-corrected chi connectivity index (χ3v) is 3.97. The summed E-state index contributed by atoms with van der Waals surface area (Å²) in [4.78, 5) is 28.1. The summed E-state index contributed by atoms with van der Waals surface area (Å²) in [7, 11) is 0. The van der Waals surface area contributed by atoms with E-state index in [2.05, 4.69) is 15.4 Å². The highest BCUT2D eigenvalue weighted by Crippen LogP contribution is 2.16. The Hall–Kier alpha value is -3.22. The average molecular weight is 337 g/mol. The quantitative estimate of drug-likeness (QED) is 0.789. The fourth-order valence-electron chi connectivity index (χ4n) is 2.47. The van der Waals surface area contributed by atoms with Gasteiger partial charge in [0.25, 0.3) is 5.56 Å². The van der Waals surface area contributed by atoms with E-state index in [1.807, 2.05) is 42.7 Å². The molecular weight excluding hydrogens is 318 g/mol. The van der Waals surface area contributed by atoms with Crippen molar-refractivity contribution < 1.29 is 4.79 Å². The van der Waals surface area contributed by atoms with Gasteiger partial charge in [0, 0.05) is 23.1 Å². The largest absolute Gasteiger partial charge is 0.324 e. The highest BCUT2D eigenvalue weighted by molar-refractivity contribution is 5.90. The van der Waals surface area contributed by atoms with Crippen LogP contribution in [0.25, 0.3) is 5.69 Å². The van der Waals surface area contributed by atoms with E-state index in [-0.39, 0.29) is 18.0 Å². The predicted molar refractivity (Wildman–Crippen MR) is 94.9 cm³/mol. The maximum atomic E-state index is 12.1. The zero-order chi connectivity index (χ0) is 18.0. The summed E-state index contributed by atoms with van der Waals surface area (Å²) in [6.45, 7) is 5.61. The molecule has 3 aromatic rings. The maximum Gasteiger partial charge on any atom is 0.267 e. The van der Waals surface area contributed by atoms with Crippen molar-refractivity contribution in [2.45, 2.75) is 27.3 Å². The Kier molecular flexibility index (Phi) is 4.47. The van der Waals surface area contributed by atoms with Gasteiger partial charge in [0.05, 0.1) is 17.7 Å². The Morgan fingerprint density at radius 3 is 2.44 bits per heavy atom. The van der Waals surface area contributed by atoms with Gasteiger partial charge in [-0.05, 0) is 51.1 Å². The molecule has 25 heavy (non-hydrogen) atoms. The molecule has 0 fully saturated rings. The fraction of sp³-hybridized carbons (Fsp3) is 0.222. The lowest BCUT2D eigenvalue weighted by atomic mass is 10.2. The summed E-state index contributed by atoms with van der Waals surface area (Å²) in [5.41, 5.74) is 4.05. The van der Waals surface area contributed by atoms with Crippen molar-refractivity contribution in [2.75, 3.05) is 5.32 Å². The van der Waals surface area contributed by atoms with Crippen LogP contribution in [-0.2, 0) is 11.3 Å². The van der Waals surface area contributed by atoms with Crippen LogP contribution in [0.4, 0.5) is 5.69 Å². The first-order chi connectivity index (χ1) is 11.9. The molecule has 7 heteroatoms. The van der Waals surface area contributed by atoms with Crippen molar-refractivity contribution in [3.05, 3.63) is 70.2 Å². The van der Waals surface area contributed by atoms with Crippen molar-refractivity contribution in [3.8, 4) is 5.69 Å². The first-order valence-electron chi connectivity index (χ1n) is 7.89. The molecule has 7 nitrogen and oxygen atoms in total. The van der Waals surface area contributed by atoms with Gasteiger partial charge in [0.1, 0.15) is 6.54 Å². The third-order valence-electron chi connectivity index (χ3n) is 3.97. The second-order valence-corrected chi connectivity index (χ2v) is 5.85. The second kappa shape index (κ2) is 6.72. The topological polar surface area (TPSA) is 81.8 Å². The normalized spacial score (nSPS) is 10.7. The summed E-state index contributed by atoms with van der Waals surface area (Å²) in [5.74, 6) is -0.303. The summed E-state index contributed by atoms with van der Waals surface area (Å²) in [6.07, 6.45) is 1.77. The first kappa shape index (κ1) is 16.6. The molecule has 0 bridgehead atoms. The SMILES string of the molecule is Cc1ccc(=O)n(CC(=O)Nc2ccc(-n3cnc(C)c3C)cc2)n1. The van der Waals surface area contributed by atoms with E-state index < -0.39 is 0 Å². The molecule has 0 unspecified atom stereocenters. The van der Waals surface area contributed by atoms with Crippen molar-refractivity contribution in [1.82, 2.24) is 19.3 Å². The first-order valence-corrected chi connectivity index (χ1v) is 7.89. The molecule has 2 aromatic heterocycles. The van der Waals surface area contributed by atoms with E-state index >= 15 is 0 Å². The number of benzene rings is 1. The molecule has 0 atom stereocenters. The Bertz CT molecular complexity index is 970. The average Bonchev–Trinajstić information content (AvgIpc) is 2.91. The van der Waals surface area contributed by atoms with Crippen LogP contribution in [0.2, 0.25) is 0 Å². The van der Waals surface area contributed by atoms with Gasteiger partial charge in [-0.25, -0.2) is 9.67 Å². The Morgan fingerprint density at radius 1 is 1.08 bits per heavy atom. The van der Waals surface area contributed by atoms with E-state index in [4.69, 9.17) is 0 Å². The molecule has 0 aliphatic rings. The summed E-state index contributed by atoms with van der Waals surface area (Å²) < 4.78 is 3.13. The summed E-state index contributed by atoms with van der Waals surface area (Å²) >= 11 is 0. The van der Waals surface area contributed by atoms with Crippen molar-refractivity contribution >= 4 is 11.6 Å². The van der Waals surface area contributed by atoms with Gasteiger partial charge in [-0.3, -0.25) is 9.59 Å². The Balaban J connectivity index is 1.71. The van der Waals surface area contributed by atoms with Crippen molar-refractivity contribution in [3.63, 3.8) is 0 Å². The standard InChI is InChI=1S/C18H19N5O2/c1-12-4-9-18(25)23(21-12)10-17(24)20-15-5-7-16(8-6-15)22-11-19-13(2)14(22)3/h4-9,11H,10H2,1-3H3,(H,20,24). The van der Waals surface area contributed by atoms with E-state index in [9.17, 15) is 9.59 Å². The minimum Gasteiger partial charge on any atom is -0.324 e. The van der Waals surface area contributed by atoms with Crippen LogP contribution in [0, 0.1) is 20.8 Å². The molecule has 0 saturated heterocycles. The van der Waals surface area contributed by atoms with Crippen molar-refractivity contribution in [1.29, 1.82) is 0 Å². The summed E-state index contributed by atoms with van der Waals surface area (Å²) in [5, 5.41) is 6.83. The number of anilines is 1. The number of aromatic nitrogens is 4. The molecule has 0 saturated carbocycles.